The van der Waals surface area contributed by atoms with Crippen molar-refractivity contribution in [2.45, 2.75) is 31.6 Å². The molecular weight excluding hydrogens is 313 g/mol. The second kappa shape index (κ2) is 6.49. The van der Waals surface area contributed by atoms with Crippen LogP contribution >= 0.6 is 0 Å². The van der Waals surface area contributed by atoms with Gasteiger partial charge in [-0.05, 0) is 12.8 Å². The lowest BCUT2D eigenvalue weighted by Crippen LogP contribution is -2.39. The van der Waals surface area contributed by atoms with Crippen LogP contribution in [0.5, 0.6) is 0 Å². The monoisotopic (exact) mass is 328 g/mol. The molecule has 10 heteroatoms. The first-order valence-electron chi connectivity index (χ1n) is 7.14. The van der Waals surface area contributed by atoms with Crippen molar-refractivity contribution in [2.75, 3.05) is 18.4 Å². The van der Waals surface area contributed by atoms with Crippen LogP contribution < -0.4 is 5.32 Å². The molecule has 0 amide bonds. The van der Waals surface area contributed by atoms with Crippen molar-refractivity contribution in [3.63, 3.8) is 0 Å². The Balaban J connectivity index is 1.52. The molecule has 1 fully saturated rings. The number of likely N-dealkylation sites (tertiary alicyclic amines) is 1. The number of nitrogens with zero attached hydrogens (tertiary/aromatic N) is 5. The fraction of sp³-hybridized carbons (Fsp3) is 0.538. The highest BCUT2D eigenvalue weighted by Gasteiger charge is 2.33. The molecule has 7 nitrogen and oxygen atoms in total. The van der Waals surface area contributed by atoms with Gasteiger partial charge in [0.1, 0.15) is 17.8 Å². The molecule has 2 aromatic rings. The zero-order valence-corrected chi connectivity index (χ0v) is 12.1. The minimum atomic E-state index is -4.46. The van der Waals surface area contributed by atoms with Gasteiger partial charge in [-0.2, -0.15) is 18.2 Å². The summed E-state index contributed by atoms with van der Waals surface area (Å²) < 4.78 is 42.6. The van der Waals surface area contributed by atoms with Crippen LogP contribution in [0, 0.1) is 0 Å². The fourth-order valence-corrected chi connectivity index (χ4v) is 2.50. The van der Waals surface area contributed by atoms with Crippen LogP contribution in [0.2, 0.25) is 0 Å². The number of rotatable bonds is 4. The van der Waals surface area contributed by atoms with Crippen molar-refractivity contribution in [1.29, 1.82) is 0 Å². The first-order valence-corrected chi connectivity index (χ1v) is 7.14. The summed E-state index contributed by atoms with van der Waals surface area (Å²) in [5, 5.41) is 6.81. The van der Waals surface area contributed by atoms with Crippen LogP contribution in [0.1, 0.15) is 24.4 Å². The molecule has 0 atom stereocenters. The maximum atomic E-state index is 12.6. The minimum Gasteiger partial charge on any atom is -0.367 e. The number of hydrogen-bond acceptors (Lipinski definition) is 7. The lowest BCUT2D eigenvalue weighted by atomic mass is 10.1. The van der Waals surface area contributed by atoms with Crippen molar-refractivity contribution >= 4 is 5.82 Å². The van der Waals surface area contributed by atoms with Gasteiger partial charge < -0.3 is 9.84 Å². The third-order valence-corrected chi connectivity index (χ3v) is 3.67. The molecule has 0 aliphatic carbocycles. The average Bonchev–Trinajstić information content (AvgIpc) is 3.02. The van der Waals surface area contributed by atoms with E-state index in [1.54, 1.807) is 0 Å². The number of nitrogens with one attached hydrogen (secondary N) is 1. The number of hydrogen-bond donors (Lipinski definition) is 1. The number of aromatic nitrogens is 4. The SMILES string of the molecule is FC(F)(F)c1cc(NC2CCN(Cc3ncon3)CC2)ncn1. The Morgan fingerprint density at radius 3 is 2.65 bits per heavy atom. The Morgan fingerprint density at radius 2 is 2.00 bits per heavy atom. The Labute approximate surface area is 129 Å². The van der Waals surface area contributed by atoms with Gasteiger partial charge in [0, 0.05) is 25.2 Å². The van der Waals surface area contributed by atoms with Gasteiger partial charge in [0.2, 0.25) is 6.39 Å². The van der Waals surface area contributed by atoms with Gasteiger partial charge in [0.05, 0.1) is 6.54 Å². The molecule has 124 valence electrons. The predicted molar refractivity (Wildman–Crippen MR) is 73.3 cm³/mol. The van der Waals surface area contributed by atoms with E-state index in [0.717, 1.165) is 38.3 Å². The molecule has 1 aliphatic heterocycles. The Morgan fingerprint density at radius 1 is 1.22 bits per heavy atom. The van der Waals surface area contributed by atoms with E-state index in [9.17, 15) is 13.2 Å². The summed E-state index contributed by atoms with van der Waals surface area (Å²) in [6.07, 6.45) is -0.659. The molecule has 1 N–H and O–H groups in total. The van der Waals surface area contributed by atoms with Gasteiger partial charge in [0.25, 0.3) is 0 Å². The lowest BCUT2D eigenvalue weighted by molar-refractivity contribution is -0.141. The highest BCUT2D eigenvalue weighted by atomic mass is 19.4. The number of alkyl halides is 3. The van der Waals surface area contributed by atoms with E-state index < -0.39 is 11.9 Å². The van der Waals surface area contributed by atoms with Crippen molar-refractivity contribution in [2.24, 2.45) is 0 Å². The van der Waals surface area contributed by atoms with Gasteiger partial charge in [-0.25, -0.2) is 9.97 Å². The number of anilines is 1. The van der Waals surface area contributed by atoms with E-state index >= 15 is 0 Å². The summed E-state index contributed by atoms with van der Waals surface area (Å²) in [4.78, 5) is 13.3. The largest absolute Gasteiger partial charge is 0.433 e. The zero-order chi connectivity index (χ0) is 16.3. The molecule has 3 rings (SSSR count). The number of piperidine rings is 1. The maximum absolute atomic E-state index is 12.6. The fourth-order valence-electron chi connectivity index (χ4n) is 2.50. The van der Waals surface area contributed by atoms with E-state index in [1.165, 1.54) is 6.39 Å². The molecule has 0 spiro atoms. The van der Waals surface area contributed by atoms with E-state index in [2.05, 4.69) is 34.8 Å². The van der Waals surface area contributed by atoms with Gasteiger partial charge in [0.15, 0.2) is 5.82 Å². The van der Waals surface area contributed by atoms with Crippen molar-refractivity contribution in [3.8, 4) is 0 Å². The van der Waals surface area contributed by atoms with Crippen LogP contribution in [-0.4, -0.2) is 44.1 Å². The molecule has 1 saturated heterocycles. The molecule has 0 aromatic carbocycles. The smallest absolute Gasteiger partial charge is 0.367 e. The third-order valence-electron chi connectivity index (χ3n) is 3.67. The van der Waals surface area contributed by atoms with Crippen molar-refractivity contribution in [3.05, 3.63) is 30.3 Å². The van der Waals surface area contributed by atoms with Gasteiger partial charge in [-0.15, -0.1) is 0 Å². The molecule has 0 radical (unpaired) electrons. The second-order valence-corrected chi connectivity index (χ2v) is 5.33. The third kappa shape index (κ3) is 4.15. The van der Waals surface area contributed by atoms with Crippen LogP contribution in [-0.2, 0) is 12.7 Å². The molecule has 3 heterocycles. The normalized spacial score (nSPS) is 17.3. The predicted octanol–water partition coefficient (Wildman–Crippen LogP) is 1.95. The molecule has 23 heavy (non-hydrogen) atoms. The molecular formula is C13H15F3N6O. The first kappa shape index (κ1) is 15.7. The molecule has 1 aliphatic rings. The summed E-state index contributed by atoms with van der Waals surface area (Å²) in [6, 6.07) is 1.01. The Hall–Kier alpha value is -2.23. The summed E-state index contributed by atoms with van der Waals surface area (Å²) in [5.74, 6) is 0.825. The quantitative estimate of drug-likeness (QED) is 0.919. The van der Waals surface area contributed by atoms with E-state index in [-0.39, 0.29) is 11.9 Å². The summed E-state index contributed by atoms with van der Waals surface area (Å²) in [5.41, 5.74) is -0.940. The molecule has 0 bridgehead atoms. The Bertz CT molecular complexity index is 625. The summed E-state index contributed by atoms with van der Waals surface area (Å²) >= 11 is 0. The van der Waals surface area contributed by atoms with Crippen LogP contribution in [0.25, 0.3) is 0 Å². The minimum absolute atomic E-state index is 0.0764. The molecule has 0 unspecified atom stereocenters. The van der Waals surface area contributed by atoms with Gasteiger partial charge >= 0.3 is 6.18 Å². The van der Waals surface area contributed by atoms with Gasteiger partial charge in [-0.3, -0.25) is 4.90 Å². The standard InChI is InChI=1S/C13H15F3N6O/c14-13(15,16)10-5-11(18-7-17-10)20-9-1-3-22(4-2-9)6-12-19-8-23-21-12/h5,7-9H,1-4,6H2,(H,17,18,20). The highest BCUT2D eigenvalue weighted by molar-refractivity contribution is 5.36. The molecule has 2 aromatic heterocycles. The van der Waals surface area contributed by atoms with Crippen molar-refractivity contribution < 1.29 is 17.7 Å². The topological polar surface area (TPSA) is 80.0 Å². The second-order valence-electron chi connectivity index (χ2n) is 5.33. The Kier molecular flexibility index (Phi) is 4.42. The average molecular weight is 328 g/mol. The highest BCUT2D eigenvalue weighted by Crippen LogP contribution is 2.28. The van der Waals surface area contributed by atoms with E-state index in [4.69, 9.17) is 0 Å². The van der Waals surface area contributed by atoms with Crippen LogP contribution in [0.3, 0.4) is 0 Å². The van der Waals surface area contributed by atoms with Gasteiger partial charge in [-0.1, -0.05) is 5.16 Å². The van der Waals surface area contributed by atoms with E-state index in [0.29, 0.717) is 12.4 Å². The summed E-state index contributed by atoms with van der Waals surface area (Å²) in [6.45, 7) is 2.20. The lowest BCUT2D eigenvalue weighted by Gasteiger charge is -2.31. The van der Waals surface area contributed by atoms with E-state index in [1.807, 2.05) is 0 Å². The maximum Gasteiger partial charge on any atom is 0.433 e. The summed E-state index contributed by atoms with van der Waals surface area (Å²) in [7, 11) is 0. The van der Waals surface area contributed by atoms with Crippen LogP contribution in [0.4, 0.5) is 19.0 Å². The number of halogens is 3. The molecule has 0 saturated carbocycles. The van der Waals surface area contributed by atoms with Crippen molar-refractivity contribution in [1.82, 2.24) is 25.0 Å². The van der Waals surface area contributed by atoms with Crippen LogP contribution in [0.15, 0.2) is 23.3 Å². The zero-order valence-electron chi connectivity index (χ0n) is 12.1. The first-order chi connectivity index (χ1) is 11.0.